The van der Waals surface area contributed by atoms with E-state index in [0.717, 1.165) is 30.6 Å². The van der Waals surface area contributed by atoms with E-state index in [9.17, 15) is 0 Å². The monoisotopic (exact) mass is 698 g/mol. The van der Waals surface area contributed by atoms with E-state index in [2.05, 4.69) is 120 Å². The highest BCUT2D eigenvalue weighted by atomic mass is 127. The number of hydrogen-bond donors (Lipinski definition) is 0. The highest BCUT2D eigenvalue weighted by molar-refractivity contribution is 14.1. The molecule has 0 amide bonds. The molecule has 0 aromatic heterocycles. The third kappa shape index (κ3) is 7.50. The van der Waals surface area contributed by atoms with Crippen molar-refractivity contribution >= 4 is 39.2 Å². The van der Waals surface area contributed by atoms with E-state index in [0.29, 0.717) is 11.3 Å². The van der Waals surface area contributed by atoms with Gasteiger partial charge in [0, 0.05) is 6.42 Å². The van der Waals surface area contributed by atoms with Gasteiger partial charge in [-0.2, -0.15) is 0 Å². The fraction of sp³-hybridized carbons (Fsp3) is 0.829. The Bertz CT molecular complexity index is 953. The lowest BCUT2D eigenvalue weighted by Crippen LogP contribution is -2.49. The Kier molecular flexibility index (Phi) is 11.1. The first-order valence-corrected chi connectivity index (χ1v) is 23.3. The molecule has 3 rings (SSSR count). The number of rotatable bonds is 8. The van der Waals surface area contributed by atoms with Gasteiger partial charge in [0.25, 0.3) is 0 Å². The van der Waals surface area contributed by atoms with E-state index in [1.807, 2.05) is 0 Å². The van der Waals surface area contributed by atoms with Crippen molar-refractivity contribution in [3.8, 4) is 0 Å². The Hall–Kier alpha value is 0.304. The standard InChI is InChI=1S/C35H63IO2Si2/c1-25(20-22-36)30-18-19-31-27(15-14-21-35(30,31)9)16-17-28-23-29(37-39(10,11)33(3,4)5)24-32(26(28)2)38-40(12,13)34(6,7)8/h17,20,22,25,27,29-32H,2,14-16,18-19,21,23-24H2,1,3-13H3/b22-20+,28-17+/t25-,27?,29-,30-,31+,32+,35-/m1/s1. The van der Waals surface area contributed by atoms with Crippen LogP contribution in [0.1, 0.15) is 107 Å². The molecule has 0 heterocycles. The lowest BCUT2D eigenvalue weighted by molar-refractivity contribution is 0.0393. The molecule has 0 bridgehead atoms. The molecule has 0 spiro atoms. The molecular formula is C35H63IO2Si2. The first-order valence-electron chi connectivity index (χ1n) is 16.2. The van der Waals surface area contributed by atoms with Gasteiger partial charge in [0.15, 0.2) is 16.6 Å². The topological polar surface area (TPSA) is 18.5 Å². The molecule has 3 aliphatic rings. The zero-order valence-electron chi connectivity index (χ0n) is 28.3. The van der Waals surface area contributed by atoms with Crippen LogP contribution in [0.5, 0.6) is 0 Å². The molecule has 0 aromatic carbocycles. The number of allylic oxidation sites excluding steroid dienone is 2. The van der Waals surface area contributed by atoms with Gasteiger partial charge in [0.2, 0.25) is 0 Å². The van der Waals surface area contributed by atoms with Gasteiger partial charge in [-0.1, -0.05) is 103 Å². The first kappa shape index (κ1) is 34.8. The average molecular weight is 699 g/mol. The lowest BCUT2D eigenvalue weighted by Gasteiger charge is -2.47. The van der Waals surface area contributed by atoms with Crippen LogP contribution in [0.15, 0.2) is 34.0 Å². The molecule has 3 aliphatic carbocycles. The third-order valence-corrected chi connectivity index (χ3v) is 21.7. The van der Waals surface area contributed by atoms with Gasteiger partial charge < -0.3 is 8.85 Å². The van der Waals surface area contributed by atoms with Crippen LogP contribution in [0, 0.1) is 29.1 Å². The summed E-state index contributed by atoms with van der Waals surface area (Å²) in [5.74, 6) is 3.15. The predicted octanol–water partition coefficient (Wildman–Crippen LogP) is 11.9. The zero-order chi connectivity index (χ0) is 30.3. The molecule has 2 nitrogen and oxygen atoms in total. The van der Waals surface area contributed by atoms with Crippen molar-refractivity contribution in [2.75, 3.05) is 0 Å². The van der Waals surface area contributed by atoms with E-state index in [1.54, 1.807) is 0 Å². The molecule has 0 N–H and O–H groups in total. The Morgan fingerprint density at radius 1 is 1.00 bits per heavy atom. The second-order valence-electron chi connectivity index (χ2n) is 16.9. The van der Waals surface area contributed by atoms with E-state index in [-0.39, 0.29) is 22.3 Å². The van der Waals surface area contributed by atoms with Crippen molar-refractivity contribution in [2.24, 2.45) is 29.1 Å². The van der Waals surface area contributed by atoms with Crippen LogP contribution in [-0.2, 0) is 8.85 Å². The fourth-order valence-corrected chi connectivity index (χ4v) is 11.0. The Labute approximate surface area is 265 Å². The molecule has 0 radical (unpaired) electrons. The Balaban J connectivity index is 1.85. The predicted molar refractivity (Wildman–Crippen MR) is 189 cm³/mol. The molecule has 0 saturated heterocycles. The van der Waals surface area contributed by atoms with Crippen LogP contribution in [0.25, 0.3) is 0 Å². The summed E-state index contributed by atoms with van der Waals surface area (Å²) in [4.78, 5) is 0. The summed E-state index contributed by atoms with van der Waals surface area (Å²) < 4.78 is 16.4. The summed E-state index contributed by atoms with van der Waals surface area (Å²) >= 11 is 2.40. The Morgan fingerprint density at radius 3 is 2.17 bits per heavy atom. The van der Waals surface area contributed by atoms with Crippen LogP contribution >= 0.6 is 22.6 Å². The van der Waals surface area contributed by atoms with Crippen molar-refractivity contribution in [1.82, 2.24) is 0 Å². The first-order chi connectivity index (χ1) is 18.2. The summed E-state index contributed by atoms with van der Waals surface area (Å²) in [6.07, 6.45) is 15.5. The summed E-state index contributed by atoms with van der Waals surface area (Å²) in [5, 5.41) is 0.385. The van der Waals surface area contributed by atoms with Crippen LogP contribution in [-0.4, -0.2) is 28.8 Å². The van der Waals surface area contributed by atoms with Crippen molar-refractivity contribution < 1.29 is 8.85 Å². The molecule has 0 aliphatic heterocycles. The van der Waals surface area contributed by atoms with Crippen molar-refractivity contribution in [3.05, 3.63) is 34.0 Å². The van der Waals surface area contributed by atoms with Crippen LogP contribution in [0.2, 0.25) is 36.3 Å². The third-order valence-electron chi connectivity index (χ3n) is 12.3. The van der Waals surface area contributed by atoms with Gasteiger partial charge in [0.1, 0.15) is 0 Å². The van der Waals surface area contributed by atoms with Gasteiger partial charge in [-0.05, 0) is 119 Å². The summed E-state index contributed by atoms with van der Waals surface area (Å²) in [7, 11) is -3.82. The van der Waals surface area contributed by atoms with Crippen LogP contribution in [0.4, 0.5) is 0 Å². The van der Waals surface area contributed by atoms with E-state index in [4.69, 9.17) is 15.4 Å². The van der Waals surface area contributed by atoms with Crippen LogP contribution < -0.4 is 0 Å². The number of hydrogen-bond acceptors (Lipinski definition) is 2. The maximum absolute atomic E-state index is 7.08. The number of fused-ring (bicyclic) bond motifs is 1. The molecule has 1 unspecified atom stereocenters. The molecular weight excluding hydrogens is 635 g/mol. The second kappa shape index (κ2) is 12.7. The number of halogens is 1. The van der Waals surface area contributed by atoms with Gasteiger partial charge in [0.05, 0.1) is 12.2 Å². The molecule has 7 atom stereocenters. The maximum Gasteiger partial charge on any atom is 0.192 e. The second-order valence-corrected chi connectivity index (χ2v) is 27.2. The van der Waals surface area contributed by atoms with E-state index >= 15 is 0 Å². The smallest absolute Gasteiger partial charge is 0.192 e. The van der Waals surface area contributed by atoms with Gasteiger partial charge in [-0.3, -0.25) is 0 Å². The molecule has 3 saturated carbocycles. The molecule has 230 valence electrons. The van der Waals surface area contributed by atoms with Crippen LogP contribution in [0.3, 0.4) is 0 Å². The van der Waals surface area contributed by atoms with Crippen molar-refractivity contribution in [2.45, 2.75) is 155 Å². The Morgan fingerprint density at radius 2 is 1.60 bits per heavy atom. The van der Waals surface area contributed by atoms with Gasteiger partial charge in [-0.25, -0.2) is 0 Å². The fourth-order valence-electron chi connectivity index (χ4n) is 7.67. The minimum atomic E-state index is -1.94. The maximum atomic E-state index is 7.08. The summed E-state index contributed by atoms with van der Waals surface area (Å²) in [5.41, 5.74) is 3.16. The minimum Gasteiger partial charge on any atom is -0.413 e. The van der Waals surface area contributed by atoms with E-state index < -0.39 is 16.6 Å². The minimum absolute atomic E-state index is 0.0732. The average Bonchev–Trinajstić information content (AvgIpc) is 3.16. The van der Waals surface area contributed by atoms with Crippen molar-refractivity contribution in [3.63, 3.8) is 0 Å². The summed E-state index contributed by atoms with van der Waals surface area (Å²) in [6, 6.07) is 0. The van der Waals surface area contributed by atoms with Gasteiger partial charge >= 0.3 is 0 Å². The van der Waals surface area contributed by atoms with E-state index in [1.165, 1.54) is 49.7 Å². The molecule has 5 heteroatoms. The molecule has 40 heavy (non-hydrogen) atoms. The van der Waals surface area contributed by atoms with Crippen molar-refractivity contribution in [1.29, 1.82) is 0 Å². The highest BCUT2D eigenvalue weighted by Crippen LogP contribution is 2.60. The molecule has 0 aromatic rings. The SMILES string of the molecule is C=C1/C(=C/CC2CCC[C@]3(C)[C@@H]([C@H](C)/C=C/I)CC[C@@H]23)C[C@@H](O[Si](C)(C)C(C)(C)C)C[C@@H]1O[Si](C)(C)C(C)(C)C. The summed E-state index contributed by atoms with van der Waals surface area (Å²) in [6.45, 7) is 33.5. The normalized spacial score (nSPS) is 34.5. The molecule has 3 fully saturated rings. The largest absolute Gasteiger partial charge is 0.413 e. The lowest BCUT2D eigenvalue weighted by atomic mass is 9.59. The highest BCUT2D eigenvalue weighted by Gasteiger charge is 2.52. The zero-order valence-corrected chi connectivity index (χ0v) is 32.4. The quantitative estimate of drug-likeness (QED) is 0.186. The van der Waals surface area contributed by atoms with Gasteiger partial charge in [-0.15, -0.1) is 0 Å².